The van der Waals surface area contributed by atoms with Gasteiger partial charge in [0.2, 0.25) is 5.82 Å². The van der Waals surface area contributed by atoms with E-state index >= 15 is 0 Å². The number of unbranched alkanes of at least 4 members (excludes halogenated alkanes) is 9. The summed E-state index contributed by atoms with van der Waals surface area (Å²) < 4.78 is 39.5. The molecule has 7 heteroatoms. The molecule has 0 aromatic heterocycles. The monoisotopic (exact) mass is 630 g/mol. The summed E-state index contributed by atoms with van der Waals surface area (Å²) in [6, 6.07) is 0. The van der Waals surface area contributed by atoms with Gasteiger partial charge in [-0.05, 0) is 102 Å². The van der Waals surface area contributed by atoms with Crippen molar-refractivity contribution in [2.45, 2.75) is 150 Å². The van der Waals surface area contributed by atoms with Gasteiger partial charge in [-0.2, -0.15) is 4.39 Å². The van der Waals surface area contributed by atoms with E-state index in [0.29, 0.717) is 17.5 Å². The number of esters is 1. The van der Waals surface area contributed by atoms with E-state index in [1.165, 1.54) is 102 Å². The Kier molecular flexibility index (Phi) is 17.0. The Bertz CT molecular complexity index is 1100. The van der Waals surface area contributed by atoms with Crippen LogP contribution in [0, 0.1) is 32.4 Å². The van der Waals surface area contributed by atoms with Crippen molar-refractivity contribution in [2.75, 3.05) is 26.3 Å². The molecule has 1 aromatic carbocycles. The molecule has 2 saturated carbocycles. The number of halogens is 2. The predicted octanol–water partition coefficient (Wildman–Crippen LogP) is 9.96. The first-order valence-electron chi connectivity index (χ1n) is 18.0. The van der Waals surface area contributed by atoms with Crippen LogP contribution in [0.1, 0.15) is 146 Å². The minimum Gasteiger partial charge on any atom is -0.423 e. The number of benzene rings is 1. The Balaban J connectivity index is 1.18. The summed E-state index contributed by atoms with van der Waals surface area (Å²) in [6.45, 7) is 10.5. The number of ether oxygens (including phenoxy) is 2. The van der Waals surface area contributed by atoms with Crippen LogP contribution < -0.4 is 15.4 Å². The van der Waals surface area contributed by atoms with Crippen molar-refractivity contribution in [1.82, 2.24) is 10.6 Å². The molecule has 2 N–H and O–H groups in total. The van der Waals surface area contributed by atoms with Crippen molar-refractivity contribution in [3.63, 3.8) is 0 Å². The Morgan fingerprint density at radius 2 is 1.16 bits per heavy atom. The molecule has 2 aliphatic carbocycles. The maximum absolute atomic E-state index is 14.3. The highest BCUT2D eigenvalue weighted by atomic mass is 19.2. The third kappa shape index (κ3) is 13.1. The van der Waals surface area contributed by atoms with Gasteiger partial charge < -0.3 is 20.1 Å². The summed E-state index contributed by atoms with van der Waals surface area (Å²) in [4.78, 5) is 12.2. The number of hydrogen-bond acceptors (Lipinski definition) is 5. The van der Waals surface area contributed by atoms with E-state index in [1.54, 1.807) is 25.0 Å². The van der Waals surface area contributed by atoms with Gasteiger partial charge in [0, 0.05) is 30.9 Å². The lowest BCUT2D eigenvalue weighted by Crippen LogP contribution is -2.25. The molecule has 0 bridgehead atoms. The average molecular weight is 631 g/mol. The van der Waals surface area contributed by atoms with E-state index in [4.69, 9.17) is 9.47 Å². The van der Waals surface area contributed by atoms with Crippen LogP contribution in [0.15, 0.2) is 22.5 Å². The summed E-state index contributed by atoms with van der Waals surface area (Å²) in [5.41, 5.74) is 7.54. The molecule has 0 atom stereocenters. The molecule has 2 fully saturated rings. The highest BCUT2D eigenvalue weighted by Gasteiger charge is 2.21. The van der Waals surface area contributed by atoms with E-state index in [1.807, 2.05) is 0 Å². The van der Waals surface area contributed by atoms with E-state index < -0.39 is 17.6 Å². The fourth-order valence-corrected chi connectivity index (χ4v) is 5.97. The minimum absolute atomic E-state index is 0.220. The lowest BCUT2D eigenvalue weighted by molar-refractivity contribution is -0.134. The second kappa shape index (κ2) is 20.7. The van der Waals surface area contributed by atoms with E-state index in [2.05, 4.69) is 17.6 Å². The van der Waals surface area contributed by atoms with Gasteiger partial charge in [0.15, 0.2) is 11.6 Å². The largest absolute Gasteiger partial charge is 0.423 e. The van der Waals surface area contributed by atoms with Crippen molar-refractivity contribution in [3.8, 4) is 5.75 Å². The predicted molar refractivity (Wildman–Crippen MR) is 180 cm³/mol. The van der Waals surface area contributed by atoms with Crippen LogP contribution in [0.5, 0.6) is 5.75 Å². The smallest absolute Gasteiger partial charge is 0.311 e. The Morgan fingerprint density at radius 1 is 0.644 bits per heavy atom. The molecule has 254 valence electrons. The fourth-order valence-electron chi connectivity index (χ4n) is 5.97. The van der Waals surface area contributed by atoms with Crippen molar-refractivity contribution in [3.05, 3.63) is 50.9 Å². The number of carbonyl (C=O) groups is 1. The van der Waals surface area contributed by atoms with Gasteiger partial charge >= 0.3 is 5.97 Å². The number of nitrogens with one attached hydrogen (secondary N) is 2. The van der Waals surface area contributed by atoms with Crippen LogP contribution in [0.25, 0.3) is 0 Å². The van der Waals surface area contributed by atoms with Gasteiger partial charge in [-0.25, -0.2) is 4.39 Å². The minimum atomic E-state index is -1.07. The standard InChI is InChI=1S/C38H60F2N2O3/c1-5-6-13-19-34(32-22-23-32)42-25-27-44-26-24-41-33(31-17-16-18-31)20-14-11-9-7-8-10-12-15-21-35(43)45-38-30(4)28(2)29(3)36(39)37(38)40/h41-42H,5-27H2,1-4H3. The maximum atomic E-state index is 14.3. The number of rotatable bonds is 24. The highest BCUT2D eigenvalue weighted by Crippen LogP contribution is 2.33. The first kappa shape index (κ1) is 37.1. The Labute approximate surface area is 272 Å². The lowest BCUT2D eigenvalue weighted by atomic mass is 9.89. The molecule has 0 aliphatic heterocycles. The van der Waals surface area contributed by atoms with E-state index in [0.717, 1.165) is 52.0 Å². The summed E-state index contributed by atoms with van der Waals surface area (Å²) in [5.74, 6) is -2.78. The zero-order valence-corrected chi connectivity index (χ0v) is 28.7. The summed E-state index contributed by atoms with van der Waals surface area (Å²) >= 11 is 0. The summed E-state index contributed by atoms with van der Waals surface area (Å²) in [7, 11) is 0. The fraction of sp³-hybridized carbons (Fsp3) is 0.711. The second-order valence-electron chi connectivity index (χ2n) is 13.1. The quantitative estimate of drug-likeness (QED) is 0.0676. The van der Waals surface area contributed by atoms with Gasteiger partial charge in [-0.3, -0.25) is 4.79 Å². The van der Waals surface area contributed by atoms with Crippen LogP contribution in [0.2, 0.25) is 0 Å². The topological polar surface area (TPSA) is 59.6 Å². The molecule has 0 heterocycles. The third-order valence-electron chi connectivity index (χ3n) is 9.47. The maximum Gasteiger partial charge on any atom is 0.311 e. The SMILES string of the molecule is CCCCCC(NCCOCCNC(CCCCCCCCCCC(=O)Oc1c(C)c(C)c(C)c(F)c1F)=C1CCC1)=C1CC1. The molecule has 0 unspecified atom stereocenters. The molecular weight excluding hydrogens is 570 g/mol. The van der Waals surface area contributed by atoms with E-state index in [-0.39, 0.29) is 17.7 Å². The first-order valence-corrected chi connectivity index (χ1v) is 18.0. The molecule has 0 amide bonds. The second-order valence-corrected chi connectivity index (χ2v) is 13.1. The van der Waals surface area contributed by atoms with Crippen LogP contribution in [0.3, 0.4) is 0 Å². The average Bonchev–Trinajstić information content (AvgIpc) is 3.85. The van der Waals surface area contributed by atoms with Crippen LogP contribution in [0.4, 0.5) is 8.78 Å². The molecule has 0 radical (unpaired) electrons. The van der Waals surface area contributed by atoms with E-state index in [9.17, 15) is 13.6 Å². The molecule has 45 heavy (non-hydrogen) atoms. The lowest BCUT2D eigenvalue weighted by Gasteiger charge is -2.23. The number of carbonyl (C=O) groups excluding carboxylic acids is 1. The molecular formula is C38H60F2N2O3. The molecule has 3 rings (SSSR count). The Morgan fingerprint density at radius 3 is 1.67 bits per heavy atom. The van der Waals surface area contributed by atoms with Crippen molar-refractivity contribution in [2.24, 2.45) is 0 Å². The highest BCUT2D eigenvalue weighted by molar-refractivity contribution is 5.73. The normalized spacial score (nSPS) is 13.9. The summed E-state index contributed by atoms with van der Waals surface area (Å²) in [6.07, 6.45) is 21.5. The third-order valence-corrected chi connectivity index (χ3v) is 9.47. The van der Waals surface area contributed by atoms with Crippen LogP contribution in [-0.4, -0.2) is 32.3 Å². The van der Waals surface area contributed by atoms with Gasteiger partial charge in [-0.15, -0.1) is 0 Å². The van der Waals surface area contributed by atoms with Crippen LogP contribution >= 0.6 is 0 Å². The number of hydrogen-bond donors (Lipinski definition) is 2. The van der Waals surface area contributed by atoms with Gasteiger partial charge in [-0.1, -0.05) is 69.4 Å². The molecule has 0 spiro atoms. The first-order chi connectivity index (χ1) is 21.8. The molecule has 2 aliphatic rings. The van der Waals surface area contributed by atoms with Crippen LogP contribution in [-0.2, 0) is 9.53 Å². The molecule has 5 nitrogen and oxygen atoms in total. The molecule has 1 aromatic rings. The van der Waals surface area contributed by atoms with Gasteiger partial charge in [0.1, 0.15) is 0 Å². The number of allylic oxidation sites excluding steroid dienone is 4. The molecule has 0 saturated heterocycles. The zero-order valence-electron chi connectivity index (χ0n) is 28.7. The van der Waals surface area contributed by atoms with Gasteiger partial charge in [0.05, 0.1) is 13.2 Å². The Hall–Kier alpha value is -2.41. The zero-order chi connectivity index (χ0) is 32.4. The van der Waals surface area contributed by atoms with Crippen molar-refractivity contribution < 1.29 is 23.0 Å². The van der Waals surface area contributed by atoms with Crippen molar-refractivity contribution >= 4 is 5.97 Å². The van der Waals surface area contributed by atoms with Crippen molar-refractivity contribution in [1.29, 1.82) is 0 Å². The summed E-state index contributed by atoms with van der Waals surface area (Å²) in [5, 5.41) is 7.34. The van der Waals surface area contributed by atoms with Gasteiger partial charge in [0.25, 0.3) is 0 Å².